The van der Waals surface area contributed by atoms with E-state index in [-0.39, 0.29) is 17.7 Å². The molecule has 4 nitrogen and oxygen atoms in total. The molecule has 1 atom stereocenters. The predicted octanol–water partition coefficient (Wildman–Crippen LogP) is 5.09. The molecule has 4 heteroatoms. The van der Waals surface area contributed by atoms with Gasteiger partial charge in [0.2, 0.25) is 0 Å². The van der Waals surface area contributed by atoms with Crippen LogP contribution in [-0.4, -0.2) is 13.0 Å². The number of nitrogens with one attached hydrogen (secondary N) is 1. The molecule has 1 aromatic heterocycles. The van der Waals surface area contributed by atoms with Crippen molar-refractivity contribution in [2.24, 2.45) is 0 Å². The Morgan fingerprint density at radius 2 is 1.73 bits per heavy atom. The lowest BCUT2D eigenvalue weighted by molar-refractivity contribution is 0.0914. The second-order valence-corrected chi connectivity index (χ2v) is 6.29. The van der Waals surface area contributed by atoms with E-state index in [9.17, 15) is 4.79 Å². The number of methoxy groups -OCH3 is 1. The molecule has 0 fully saturated rings. The first-order valence-corrected chi connectivity index (χ1v) is 8.52. The van der Waals surface area contributed by atoms with Crippen molar-refractivity contribution < 1.29 is 13.9 Å². The number of fused-ring (bicyclic) bond motifs is 2. The summed E-state index contributed by atoms with van der Waals surface area (Å²) in [7, 11) is 1.58. The summed E-state index contributed by atoms with van der Waals surface area (Å²) in [6.07, 6.45) is 0. The molecule has 0 aliphatic rings. The molecule has 3 aromatic carbocycles. The molecule has 0 radical (unpaired) electrons. The number of carbonyl (C=O) groups is 1. The van der Waals surface area contributed by atoms with Gasteiger partial charge in [-0.05, 0) is 41.5 Å². The van der Waals surface area contributed by atoms with Crippen LogP contribution in [-0.2, 0) is 0 Å². The van der Waals surface area contributed by atoms with Gasteiger partial charge in [-0.15, -0.1) is 0 Å². The minimum Gasteiger partial charge on any atom is -0.493 e. The van der Waals surface area contributed by atoms with Crippen LogP contribution in [0.25, 0.3) is 21.7 Å². The van der Waals surface area contributed by atoms with E-state index in [2.05, 4.69) is 29.6 Å². The second-order valence-electron chi connectivity index (χ2n) is 6.29. The average molecular weight is 345 g/mol. The van der Waals surface area contributed by atoms with E-state index in [0.717, 1.165) is 16.3 Å². The molecule has 0 saturated carbocycles. The van der Waals surface area contributed by atoms with Crippen molar-refractivity contribution in [3.63, 3.8) is 0 Å². The zero-order chi connectivity index (χ0) is 18.1. The summed E-state index contributed by atoms with van der Waals surface area (Å²) in [5.74, 6) is 0.644. The first kappa shape index (κ1) is 16.2. The van der Waals surface area contributed by atoms with Crippen molar-refractivity contribution in [1.29, 1.82) is 0 Å². The van der Waals surface area contributed by atoms with Gasteiger partial charge >= 0.3 is 0 Å². The van der Waals surface area contributed by atoms with Gasteiger partial charge in [0.15, 0.2) is 17.1 Å². The van der Waals surface area contributed by atoms with E-state index in [1.54, 1.807) is 13.2 Å². The van der Waals surface area contributed by atoms with Gasteiger partial charge in [0.05, 0.1) is 13.2 Å². The number of para-hydroxylation sites is 1. The Morgan fingerprint density at radius 3 is 2.54 bits per heavy atom. The zero-order valence-corrected chi connectivity index (χ0v) is 14.7. The van der Waals surface area contributed by atoms with Crippen LogP contribution in [0.2, 0.25) is 0 Å². The lowest BCUT2D eigenvalue weighted by Gasteiger charge is -2.14. The van der Waals surface area contributed by atoms with Crippen molar-refractivity contribution in [1.82, 2.24) is 5.32 Å². The van der Waals surface area contributed by atoms with Crippen LogP contribution in [0.1, 0.15) is 29.1 Å². The molecule has 0 unspecified atom stereocenters. The monoisotopic (exact) mass is 345 g/mol. The van der Waals surface area contributed by atoms with Gasteiger partial charge in [-0.2, -0.15) is 0 Å². The summed E-state index contributed by atoms with van der Waals surface area (Å²) in [6.45, 7) is 1.96. The number of benzene rings is 3. The lowest BCUT2D eigenvalue weighted by Crippen LogP contribution is -2.26. The first-order chi connectivity index (χ1) is 12.7. The van der Waals surface area contributed by atoms with E-state index in [0.29, 0.717) is 11.3 Å². The fraction of sp³-hybridized carbons (Fsp3) is 0.136. The van der Waals surface area contributed by atoms with Gasteiger partial charge in [-0.25, -0.2) is 0 Å². The smallest absolute Gasteiger partial charge is 0.287 e. The standard InChI is InChI=1S/C22H19NO3/c1-14(16-11-10-15-6-3-4-7-17(15)12-16)23-22(24)20-13-18-8-5-9-19(25-2)21(18)26-20/h3-14H,1-2H3,(H,23,24)/t14-/m0/s1. The van der Waals surface area contributed by atoms with Crippen molar-refractivity contribution in [2.75, 3.05) is 7.11 Å². The summed E-state index contributed by atoms with van der Waals surface area (Å²) in [5, 5.41) is 6.17. The zero-order valence-electron chi connectivity index (χ0n) is 14.7. The Kier molecular flexibility index (Phi) is 4.09. The largest absolute Gasteiger partial charge is 0.493 e. The molecule has 4 rings (SSSR count). The third-order valence-electron chi connectivity index (χ3n) is 4.57. The van der Waals surface area contributed by atoms with Crippen molar-refractivity contribution >= 4 is 27.6 Å². The number of hydrogen-bond donors (Lipinski definition) is 1. The third-order valence-corrected chi connectivity index (χ3v) is 4.57. The Morgan fingerprint density at radius 1 is 0.962 bits per heavy atom. The quantitative estimate of drug-likeness (QED) is 0.561. The number of rotatable bonds is 4. The fourth-order valence-corrected chi connectivity index (χ4v) is 3.14. The Balaban J connectivity index is 1.58. The number of ether oxygens (including phenoxy) is 1. The van der Waals surface area contributed by atoms with E-state index in [1.807, 2.05) is 43.3 Å². The predicted molar refractivity (Wildman–Crippen MR) is 103 cm³/mol. The Bertz CT molecular complexity index is 1100. The van der Waals surface area contributed by atoms with Crippen LogP contribution in [0.3, 0.4) is 0 Å². The SMILES string of the molecule is COc1cccc2cc(C(=O)N[C@@H](C)c3ccc4ccccc4c3)oc12. The van der Waals surface area contributed by atoms with Crippen molar-refractivity contribution in [2.45, 2.75) is 13.0 Å². The number of hydrogen-bond acceptors (Lipinski definition) is 3. The molecule has 0 aliphatic heterocycles. The van der Waals surface area contributed by atoms with Gasteiger partial charge < -0.3 is 14.5 Å². The highest BCUT2D eigenvalue weighted by atomic mass is 16.5. The number of furan rings is 1. The highest BCUT2D eigenvalue weighted by Crippen LogP contribution is 2.29. The molecule has 130 valence electrons. The molecule has 1 N–H and O–H groups in total. The van der Waals surface area contributed by atoms with Crippen LogP contribution in [0.15, 0.2) is 71.1 Å². The molecule has 0 bridgehead atoms. The Hall–Kier alpha value is -3.27. The average Bonchev–Trinajstić information content (AvgIpc) is 3.12. The molecule has 4 aromatic rings. The normalized spacial score (nSPS) is 12.2. The molecular formula is C22H19NO3. The van der Waals surface area contributed by atoms with E-state index < -0.39 is 0 Å². The van der Waals surface area contributed by atoms with Gasteiger partial charge in [0, 0.05) is 5.39 Å². The van der Waals surface area contributed by atoms with E-state index in [4.69, 9.17) is 9.15 Å². The third kappa shape index (κ3) is 2.90. The Labute approximate surface area is 151 Å². The summed E-state index contributed by atoms with van der Waals surface area (Å²) in [5.41, 5.74) is 1.63. The van der Waals surface area contributed by atoms with Gasteiger partial charge in [0.1, 0.15) is 0 Å². The number of amides is 1. The highest BCUT2D eigenvalue weighted by molar-refractivity contribution is 5.97. The maximum Gasteiger partial charge on any atom is 0.287 e. The van der Waals surface area contributed by atoms with Crippen molar-refractivity contribution in [3.05, 3.63) is 78.1 Å². The maximum absolute atomic E-state index is 12.6. The molecule has 26 heavy (non-hydrogen) atoms. The molecule has 1 heterocycles. The fourth-order valence-electron chi connectivity index (χ4n) is 3.14. The molecule has 0 saturated heterocycles. The molecule has 1 amide bonds. The van der Waals surface area contributed by atoms with E-state index >= 15 is 0 Å². The topological polar surface area (TPSA) is 51.5 Å². The summed E-state index contributed by atoms with van der Waals surface area (Å²) in [4.78, 5) is 12.6. The maximum atomic E-state index is 12.6. The minimum absolute atomic E-state index is 0.137. The molecule has 0 aliphatic carbocycles. The number of carbonyl (C=O) groups excluding carboxylic acids is 1. The van der Waals surface area contributed by atoms with Gasteiger partial charge in [-0.3, -0.25) is 4.79 Å². The van der Waals surface area contributed by atoms with Gasteiger partial charge in [0.25, 0.3) is 5.91 Å². The first-order valence-electron chi connectivity index (χ1n) is 8.52. The van der Waals surface area contributed by atoms with E-state index in [1.165, 1.54) is 5.39 Å². The van der Waals surface area contributed by atoms with Gasteiger partial charge in [-0.1, -0.05) is 48.5 Å². The van der Waals surface area contributed by atoms with Crippen LogP contribution in [0, 0.1) is 0 Å². The van der Waals surface area contributed by atoms with Crippen LogP contribution < -0.4 is 10.1 Å². The van der Waals surface area contributed by atoms with Crippen molar-refractivity contribution in [3.8, 4) is 5.75 Å². The summed E-state index contributed by atoms with van der Waals surface area (Å²) < 4.78 is 11.0. The molecular weight excluding hydrogens is 326 g/mol. The lowest BCUT2D eigenvalue weighted by atomic mass is 10.0. The minimum atomic E-state index is -0.246. The highest BCUT2D eigenvalue weighted by Gasteiger charge is 2.17. The molecule has 0 spiro atoms. The van der Waals surface area contributed by atoms with Crippen LogP contribution in [0.4, 0.5) is 0 Å². The second kappa shape index (κ2) is 6.56. The summed E-state index contributed by atoms with van der Waals surface area (Å²) in [6, 6.07) is 21.5. The van der Waals surface area contributed by atoms with Crippen LogP contribution >= 0.6 is 0 Å². The summed E-state index contributed by atoms with van der Waals surface area (Å²) >= 11 is 0. The van der Waals surface area contributed by atoms with Crippen LogP contribution in [0.5, 0.6) is 5.75 Å².